The summed E-state index contributed by atoms with van der Waals surface area (Å²) in [7, 11) is 0. The van der Waals surface area contributed by atoms with E-state index in [0.717, 1.165) is 21.7 Å². The first-order valence-corrected chi connectivity index (χ1v) is 5.35. The van der Waals surface area contributed by atoms with Crippen LogP contribution in [-0.2, 0) is 0 Å². The van der Waals surface area contributed by atoms with Crippen LogP contribution in [0.25, 0.3) is 11.1 Å². The maximum atomic E-state index is 8.80. The molecule has 0 radical (unpaired) electrons. The first-order chi connectivity index (χ1) is 7.70. The van der Waals surface area contributed by atoms with Gasteiger partial charge in [-0.2, -0.15) is 5.26 Å². The van der Waals surface area contributed by atoms with Crippen molar-refractivity contribution >= 4 is 11.6 Å². The molecule has 0 spiro atoms. The van der Waals surface area contributed by atoms with Crippen LogP contribution in [0.5, 0.6) is 0 Å². The predicted molar refractivity (Wildman–Crippen MR) is 66.3 cm³/mol. The number of rotatable bonds is 1. The average molecular weight is 228 g/mol. The maximum absolute atomic E-state index is 8.80. The average Bonchev–Trinajstić information content (AvgIpc) is 2.28. The molecule has 0 fully saturated rings. The van der Waals surface area contributed by atoms with Crippen LogP contribution in [0.15, 0.2) is 42.5 Å². The SMILES string of the molecule is Cc1cc(C#N)ccc1-c1cccc(Cl)c1. The molecule has 0 atom stereocenters. The van der Waals surface area contributed by atoms with Crippen molar-refractivity contribution in [2.45, 2.75) is 6.92 Å². The van der Waals surface area contributed by atoms with E-state index in [-0.39, 0.29) is 0 Å². The molecule has 2 rings (SSSR count). The van der Waals surface area contributed by atoms with Gasteiger partial charge in [-0.1, -0.05) is 29.8 Å². The Labute approximate surface area is 99.9 Å². The van der Waals surface area contributed by atoms with Crippen molar-refractivity contribution in [2.24, 2.45) is 0 Å². The summed E-state index contributed by atoms with van der Waals surface area (Å²) in [5.41, 5.74) is 3.96. The molecule has 0 heterocycles. The zero-order valence-corrected chi connectivity index (χ0v) is 9.62. The molecule has 2 aromatic rings. The number of halogens is 1. The summed E-state index contributed by atoms with van der Waals surface area (Å²) in [6.45, 7) is 2.00. The molecule has 0 unspecified atom stereocenters. The molecule has 78 valence electrons. The van der Waals surface area contributed by atoms with E-state index in [9.17, 15) is 0 Å². The first kappa shape index (κ1) is 10.7. The number of benzene rings is 2. The second-order valence-electron chi connectivity index (χ2n) is 3.65. The van der Waals surface area contributed by atoms with Crippen LogP contribution in [0.3, 0.4) is 0 Å². The maximum Gasteiger partial charge on any atom is 0.0991 e. The second kappa shape index (κ2) is 4.38. The summed E-state index contributed by atoms with van der Waals surface area (Å²) >= 11 is 5.95. The third kappa shape index (κ3) is 2.08. The second-order valence-corrected chi connectivity index (χ2v) is 4.09. The molecule has 0 N–H and O–H groups in total. The quantitative estimate of drug-likeness (QED) is 0.717. The van der Waals surface area contributed by atoms with Crippen molar-refractivity contribution < 1.29 is 0 Å². The topological polar surface area (TPSA) is 23.8 Å². The fraction of sp³-hybridized carbons (Fsp3) is 0.0714. The normalized spacial score (nSPS) is 9.81. The molecular formula is C14H10ClN. The minimum atomic E-state index is 0.684. The smallest absolute Gasteiger partial charge is 0.0991 e. The predicted octanol–water partition coefficient (Wildman–Crippen LogP) is 4.19. The highest BCUT2D eigenvalue weighted by atomic mass is 35.5. The molecule has 0 aromatic heterocycles. The van der Waals surface area contributed by atoms with Gasteiger partial charge in [-0.15, -0.1) is 0 Å². The molecule has 2 heteroatoms. The lowest BCUT2D eigenvalue weighted by atomic mass is 9.99. The Morgan fingerprint density at radius 2 is 1.94 bits per heavy atom. The van der Waals surface area contributed by atoms with E-state index in [1.807, 2.05) is 49.4 Å². The standard InChI is InChI=1S/C14H10ClN/c1-10-7-11(9-16)5-6-14(10)12-3-2-4-13(15)8-12/h2-8H,1H3. The van der Waals surface area contributed by atoms with Crippen LogP contribution >= 0.6 is 11.6 Å². The molecule has 2 aromatic carbocycles. The van der Waals surface area contributed by atoms with E-state index in [1.54, 1.807) is 0 Å². The van der Waals surface area contributed by atoms with E-state index >= 15 is 0 Å². The zero-order chi connectivity index (χ0) is 11.5. The van der Waals surface area contributed by atoms with Gasteiger partial charge < -0.3 is 0 Å². The van der Waals surface area contributed by atoms with Gasteiger partial charge in [-0.05, 0) is 47.9 Å². The Morgan fingerprint density at radius 3 is 2.56 bits per heavy atom. The minimum Gasteiger partial charge on any atom is -0.192 e. The van der Waals surface area contributed by atoms with Gasteiger partial charge in [0.05, 0.1) is 11.6 Å². The lowest BCUT2D eigenvalue weighted by molar-refractivity contribution is 1.41. The van der Waals surface area contributed by atoms with Gasteiger partial charge in [-0.3, -0.25) is 0 Å². The molecule has 0 amide bonds. The summed E-state index contributed by atoms with van der Waals surface area (Å²) in [6, 6.07) is 15.5. The van der Waals surface area contributed by atoms with E-state index in [0.29, 0.717) is 5.56 Å². The van der Waals surface area contributed by atoms with Crippen LogP contribution in [0.4, 0.5) is 0 Å². The van der Waals surface area contributed by atoms with Crippen LogP contribution in [0, 0.1) is 18.3 Å². The summed E-state index contributed by atoms with van der Waals surface area (Å²) in [4.78, 5) is 0. The van der Waals surface area contributed by atoms with Crippen LogP contribution in [0.2, 0.25) is 5.02 Å². The lowest BCUT2D eigenvalue weighted by Gasteiger charge is -2.06. The first-order valence-electron chi connectivity index (χ1n) is 4.97. The summed E-state index contributed by atoms with van der Waals surface area (Å²) in [6.07, 6.45) is 0. The highest BCUT2D eigenvalue weighted by molar-refractivity contribution is 6.30. The van der Waals surface area contributed by atoms with E-state index in [1.165, 1.54) is 0 Å². The number of hydrogen-bond donors (Lipinski definition) is 0. The van der Waals surface area contributed by atoms with Crippen molar-refractivity contribution in [3.63, 3.8) is 0 Å². The number of nitriles is 1. The third-order valence-electron chi connectivity index (χ3n) is 2.49. The molecule has 0 aliphatic heterocycles. The van der Waals surface area contributed by atoms with Gasteiger partial charge >= 0.3 is 0 Å². The summed E-state index contributed by atoms with van der Waals surface area (Å²) in [5, 5.41) is 9.52. The molecule has 0 aliphatic carbocycles. The highest BCUT2D eigenvalue weighted by Gasteiger charge is 2.03. The van der Waals surface area contributed by atoms with Crippen molar-refractivity contribution in [1.82, 2.24) is 0 Å². The van der Waals surface area contributed by atoms with Gasteiger partial charge in [0.25, 0.3) is 0 Å². The molecule has 1 nitrogen and oxygen atoms in total. The van der Waals surface area contributed by atoms with Gasteiger partial charge in [0.1, 0.15) is 0 Å². The third-order valence-corrected chi connectivity index (χ3v) is 2.73. The van der Waals surface area contributed by atoms with Crippen LogP contribution in [0.1, 0.15) is 11.1 Å². The van der Waals surface area contributed by atoms with Gasteiger partial charge in [0, 0.05) is 5.02 Å². The van der Waals surface area contributed by atoms with E-state index in [4.69, 9.17) is 16.9 Å². The van der Waals surface area contributed by atoms with Crippen molar-refractivity contribution in [3.8, 4) is 17.2 Å². The molecule has 0 bridgehead atoms. The number of nitrogens with zero attached hydrogens (tertiary/aromatic N) is 1. The minimum absolute atomic E-state index is 0.684. The fourth-order valence-electron chi connectivity index (χ4n) is 1.71. The van der Waals surface area contributed by atoms with Crippen LogP contribution < -0.4 is 0 Å². The fourth-order valence-corrected chi connectivity index (χ4v) is 1.90. The lowest BCUT2D eigenvalue weighted by Crippen LogP contribution is -1.85. The van der Waals surface area contributed by atoms with Gasteiger partial charge in [-0.25, -0.2) is 0 Å². The van der Waals surface area contributed by atoms with Crippen molar-refractivity contribution in [1.29, 1.82) is 5.26 Å². The molecular weight excluding hydrogens is 218 g/mol. The van der Waals surface area contributed by atoms with Gasteiger partial charge in [0.2, 0.25) is 0 Å². The summed E-state index contributed by atoms with van der Waals surface area (Å²) < 4.78 is 0. The molecule has 0 saturated heterocycles. The molecule has 0 aliphatic rings. The Kier molecular flexibility index (Phi) is 2.94. The number of aryl methyl sites for hydroxylation is 1. The summed E-state index contributed by atoms with van der Waals surface area (Å²) in [5.74, 6) is 0. The van der Waals surface area contributed by atoms with Crippen molar-refractivity contribution in [3.05, 3.63) is 58.6 Å². The number of hydrogen-bond acceptors (Lipinski definition) is 1. The Bertz CT molecular complexity index is 567. The largest absolute Gasteiger partial charge is 0.192 e. The van der Waals surface area contributed by atoms with Crippen LogP contribution in [-0.4, -0.2) is 0 Å². The highest BCUT2D eigenvalue weighted by Crippen LogP contribution is 2.26. The van der Waals surface area contributed by atoms with Crippen molar-refractivity contribution in [2.75, 3.05) is 0 Å². The zero-order valence-electron chi connectivity index (χ0n) is 8.87. The van der Waals surface area contributed by atoms with E-state index in [2.05, 4.69) is 6.07 Å². The Morgan fingerprint density at radius 1 is 1.12 bits per heavy atom. The molecule has 16 heavy (non-hydrogen) atoms. The van der Waals surface area contributed by atoms with Gasteiger partial charge in [0.15, 0.2) is 0 Å². The monoisotopic (exact) mass is 227 g/mol. The molecule has 0 saturated carbocycles. The Hall–Kier alpha value is -1.78. The Balaban J connectivity index is 2.53. The van der Waals surface area contributed by atoms with E-state index < -0.39 is 0 Å².